The standard InChI is InChI=1S/C13H12ClNS/c14-9-10-1-5-12(6-2-10)16-13-7-3-11(15)4-8-13/h1-8H,9,15H2. The zero-order chi connectivity index (χ0) is 11.4. The van der Waals surface area contributed by atoms with Gasteiger partial charge >= 0.3 is 0 Å². The van der Waals surface area contributed by atoms with Crippen LogP contribution in [0.2, 0.25) is 0 Å². The molecule has 1 nitrogen and oxygen atoms in total. The first-order chi connectivity index (χ1) is 7.78. The van der Waals surface area contributed by atoms with Crippen LogP contribution in [0.3, 0.4) is 0 Å². The molecule has 0 aliphatic heterocycles. The molecule has 0 fully saturated rings. The van der Waals surface area contributed by atoms with Crippen LogP contribution in [-0.4, -0.2) is 0 Å². The van der Waals surface area contributed by atoms with Crippen LogP contribution in [-0.2, 0) is 5.88 Å². The number of halogens is 1. The lowest BCUT2D eigenvalue weighted by molar-refractivity contribution is 1.33. The number of hydrogen-bond acceptors (Lipinski definition) is 2. The van der Waals surface area contributed by atoms with E-state index in [1.165, 1.54) is 9.79 Å². The maximum absolute atomic E-state index is 5.74. The van der Waals surface area contributed by atoms with Gasteiger partial charge in [0.05, 0.1) is 0 Å². The van der Waals surface area contributed by atoms with Crippen LogP contribution < -0.4 is 5.73 Å². The Morgan fingerprint density at radius 2 is 1.38 bits per heavy atom. The van der Waals surface area contributed by atoms with Crippen LogP contribution in [0.4, 0.5) is 5.69 Å². The summed E-state index contributed by atoms with van der Waals surface area (Å²) in [6.45, 7) is 0. The van der Waals surface area contributed by atoms with Gasteiger partial charge in [-0.1, -0.05) is 23.9 Å². The summed E-state index contributed by atoms with van der Waals surface area (Å²) in [6.07, 6.45) is 0. The van der Waals surface area contributed by atoms with E-state index in [0.29, 0.717) is 5.88 Å². The average molecular weight is 250 g/mol. The van der Waals surface area contributed by atoms with Crippen molar-refractivity contribution >= 4 is 29.1 Å². The van der Waals surface area contributed by atoms with E-state index in [1.54, 1.807) is 11.8 Å². The van der Waals surface area contributed by atoms with Crippen molar-refractivity contribution < 1.29 is 0 Å². The third-order valence-corrected chi connectivity index (χ3v) is 3.52. The number of anilines is 1. The maximum atomic E-state index is 5.74. The lowest BCUT2D eigenvalue weighted by Crippen LogP contribution is -1.82. The van der Waals surface area contributed by atoms with Gasteiger partial charge in [0.1, 0.15) is 0 Å². The summed E-state index contributed by atoms with van der Waals surface area (Å²) in [5.74, 6) is 0.562. The Balaban J connectivity index is 2.11. The van der Waals surface area contributed by atoms with Gasteiger partial charge in [0.15, 0.2) is 0 Å². The van der Waals surface area contributed by atoms with Crippen LogP contribution in [0, 0.1) is 0 Å². The molecule has 0 aromatic heterocycles. The van der Waals surface area contributed by atoms with Crippen molar-refractivity contribution in [3.8, 4) is 0 Å². The van der Waals surface area contributed by atoms with E-state index in [9.17, 15) is 0 Å². The fraction of sp³-hybridized carbons (Fsp3) is 0.0769. The lowest BCUT2D eigenvalue weighted by atomic mass is 10.2. The van der Waals surface area contributed by atoms with E-state index in [2.05, 4.69) is 12.1 Å². The third-order valence-electron chi connectivity index (χ3n) is 2.19. The largest absolute Gasteiger partial charge is 0.399 e. The molecule has 0 radical (unpaired) electrons. The first-order valence-electron chi connectivity index (χ1n) is 4.96. The van der Waals surface area contributed by atoms with Gasteiger partial charge in [-0.2, -0.15) is 0 Å². The molecule has 0 atom stereocenters. The summed E-state index contributed by atoms with van der Waals surface area (Å²) < 4.78 is 0. The summed E-state index contributed by atoms with van der Waals surface area (Å²) in [5.41, 5.74) is 7.57. The smallest absolute Gasteiger partial charge is 0.0474 e. The van der Waals surface area contributed by atoms with E-state index in [0.717, 1.165) is 11.3 Å². The molecular formula is C13H12ClNS. The van der Waals surface area contributed by atoms with Crippen molar-refractivity contribution in [1.82, 2.24) is 0 Å². The van der Waals surface area contributed by atoms with Crippen molar-refractivity contribution in [2.24, 2.45) is 0 Å². The van der Waals surface area contributed by atoms with Gasteiger partial charge in [0.25, 0.3) is 0 Å². The number of alkyl halides is 1. The lowest BCUT2D eigenvalue weighted by Gasteiger charge is -2.03. The number of nitrogen functional groups attached to an aromatic ring is 1. The highest BCUT2D eigenvalue weighted by atomic mass is 35.5. The Morgan fingerprint density at radius 1 is 0.875 bits per heavy atom. The van der Waals surface area contributed by atoms with E-state index < -0.39 is 0 Å². The van der Waals surface area contributed by atoms with E-state index in [1.807, 2.05) is 36.4 Å². The minimum Gasteiger partial charge on any atom is -0.399 e. The number of benzene rings is 2. The second-order valence-corrected chi connectivity index (χ2v) is 4.86. The van der Waals surface area contributed by atoms with Gasteiger partial charge in [0.2, 0.25) is 0 Å². The zero-order valence-corrected chi connectivity index (χ0v) is 10.3. The Labute approximate surface area is 105 Å². The van der Waals surface area contributed by atoms with Crippen LogP contribution in [0.5, 0.6) is 0 Å². The molecule has 0 amide bonds. The summed E-state index contributed by atoms with van der Waals surface area (Å²) in [7, 11) is 0. The molecule has 2 aromatic rings. The highest BCUT2D eigenvalue weighted by Gasteiger charge is 1.97. The molecule has 0 spiro atoms. The summed E-state index contributed by atoms with van der Waals surface area (Å²) in [6, 6.07) is 16.1. The summed E-state index contributed by atoms with van der Waals surface area (Å²) in [5, 5.41) is 0. The van der Waals surface area contributed by atoms with Crippen LogP contribution in [0.1, 0.15) is 5.56 Å². The van der Waals surface area contributed by atoms with Gasteiger partial charge in [0, 0.05) is 21.4 Å². The van der Waals surface area contributed by atoms with Crippen molar-refractivity contribution in [3.05, 3.63) is 54.1 Å². The minimum atomic E-state index is 0.562. The summed E-state index contributed by atoms with van der Waals surface area (Å²) >= 11 is 7.45. The second kappa shape index (κ2) is 5.28. The Bertz CT molecular complexity index is 450. The SMILES string of the molecule is Nc1ccc(Sc2ccc(CCl)cc2)cc1. The molecule has 2 N–H and O–H groups in total. The fourth-order valence-corrected chi connectivity index (χ4v) is 2.31. The van der Waals surface area contributed by atoms with Crippen LogP contribution in [0.15, 0.2) is 58.3 Å². The molecule has 0 saturated carbocycles. The molecule has 16 heavy (non-hydrogen) atoms. The van der Waals surface area contributed by atoms with Crippen molar-refractivity contribution in [1.29, 1.82) is 0 Å². The van der Waals surface area contributed by atoms with Gasteiger partial charge in [-0.15, -0.1) is 11.6 Å². The third kappa shape index (κ3) is 2.94. The predicted octanol–water partition coefficient (Wildman–Crippen LogP) is 4.16. The average Bonchev–Trinajstić information content (AvgIpc) is 2.33. The highest BCUT2D eigenvalue weighted by Crippen LogP contribution is 2.28. The Kier molecular flexibility index (Phi) is 3.75. The number of rotatable bonds is 3. The normalized spacial score (nSPS) is 10.3. The fourth-order valence-electron chi connectivity index (χ4n) is 1.32. The van der Waals surface area contributed by atoms with E-state index in [4.69, 9.17) is 17.3 Å². The predicted molar refractivity (Wildman–Crippen MR) is 71.0 cm³/mol. The molecule has 2 aromatic carbocycles. The summed E-state index contributed by atoms with van der Waals surface area (Å²) in [4.78, 5) is 2.39. The van der Waals surface area contributed by atoms with Crippen molar-refractivity contribution in [2.75, 3.05) is 5.73 Å². The van der Waals surface area contributed by atoms with Gasteiger partial charge in [-0.3, -0.25) is 0 Å². The molecule has 0 aliphatic rings. The van der Waals surface area contributed by atoms with E-state index >= 15 is 0 Å². The van der Waals surface area contributed by atoms with Crippen LogP contribution in [0.25, 0.3) is 0 Å². The van der Waals surface area contributed by atoms with Crippen molar-refractivity contribution in [3.63, 3.8) is 0 Å². The van der Waals surface area contributed by atoms with Crippen LogP contribution >= 0.6 is 23.4 Å². The van der Waals surface area contributed by atoms with Crippen molar-refractivity contribution in [2.45, 2.75) is 15.7 Å². The highest BCUT2D eigenvalue weighted by molar-refractivity contribution is 7.99. The molecule has 2 rings (SSSR count). The minimum absolute atomic E-state index is 0.562. The Hall–Kier alpha value is -1.12. The molecular weight excluding hydrogens is 238 g/mol. The molecule has 82 valence electrons. The van der Waals surface area contributed by atoms with Gasteiger partial charge in [-0.25, -0.2) is 0 Å². The monoisotopic (exact) mass is 249 g/mol. The molecule has 0 bridgehead atoms. The molecule has 0 heterocycles. The topological polar surface area (TPSA) is 26.0 Å². The Morgan fingerprint density at radius 3 is 1.88 bits per heavy atom. The maximum Gasteiger partial charge on any atom is 0.0474 e. The van der Waals surface area contributed by atoms with Gasteiger partial charge in [-0.05, 0) is 42.0 Å². The molecule has 0 saturated heterocycles. The zero-order valence-electron chi connectivity index (χ0n) is 8.69. The number of nitrogens with two attached hydrogens (primary N) is 1. The first kappa shape index (κ1) is 11.4. The number of hydrogen-bond donors (Lipinski definition) is 1. The molecule has 0 unspecified atom stereocenters. The molecule has 3 heteroatoms. The molecule has 0 aliphatic carbocycles. The second-order valence-electron chi connectivity index (χ2n) is 3.45. The quantitative estimate of drug-likeness (QED) is 0.653. The van der Waals surface area contributed by atoms with E-state index in [-0.39, 0.29) is 0 Å². The first-order valence-corrected chi connectivity index (χ1v) is 6.31. The van der Waals surface area contributed by atoms with Gasteiger partial charge < -0.3 is 5.73 Å².